The Hall–Kier alpha value is -3.41. The lowest BCUT2D eigenvalue weighted by Gasteiger charge is -1.98. The highest BCUT2D eigenvalue weighted by Crippen LogP contribution is 2.19. The predicted molar refractivity (Wildman–Crippen MR) is 87.1 cm³/mol. The lowest BCUT2D eigenvalue weighted by Crippen LogP contribution is -2.22. The van der Waals surface area contributed by atoms with Crippen molar-refractivity contribution in [2.75, 3.05) is 0 Å². The van der Waals surface area contributed by atoms with Crippen molar-refractivity contribution in [2.24, 2.45) is 0 Å². The quantitative estimate of drug-likeness (QED) is 0.623. The van der Waals surface area contributed by atoms with Gasteiger partial charge in [-0.05, 0) is 12.1 Å². The number of hydrogen-bond donors (Lipinski definition) is 1. The minimum Gasteiger partial charge on any atom is -0.451 e. The van der Waals surface area contributed by atoms with E-state index in [4.69, 9.17) is 8.94 Å². The SMILES string of the molecule is O=C(NCc1nc(-c2ccccc2)no1)c1cc2ccccc2o1. The first kappa shape index (κ1) is 14.2. The molecule has 0 saturated carbocycles. The number of nitrogens with one attached hydrogen (secondary N) is 1. The van der Waals surface area contributed by atoms with E-state index in [2.05, 4.69) is 15.5 Å². The molecule has 2 aromatic heterocycles. The van der Waals surface area contributed by atoms with Crippen LogP contribution in [0.4, 0.5) is 0 Å². The summed E-state index contributed by atoms with van der Waals surface area (Å²) in [5.41, 5.74) is 1.53. The van der Waals surface area contributed by atoms with Crippen LogP contribution in [0.3, 0.4) is 0 Å². The van der Waals surface area contributed by atoms with Crippen molar-refractivity contribution in [2.45, 2.75) is 6.54 Å². The smallest absolute Gasteiger partial charge is 0.287 e. The molecule has 0 fully saturated rings. The van der Waals surface area contributed by atoms with E-state index >= 15 is 0 Å². The highest BCUT2D eigenvalue weighted by Gasteiger charge is 2.14. The molecule has 2 heterocycles. The Labute approximate surface area is 137 Å². The van der Waals surface area contributed by atoms with Gasteiger partial charge in [0.1, 0.15) is 5.58 Å². The van der Waals surface area contributed by atoms with Crippen LogP contribution in [-0.2, 0) is 6.54 Å². The predicted octanol–water partition coefficient (Wildman–Crippen LogP) is 3.41. The Bertz CT molecular complexity index is 956. The molecule has 6 nitrogen and oxygen atoms in total. The number of nitrogens with zero attached hydrogens (tertiary/aromatic N) is 2. The fourth-order valence-corrected chi connectivity index (χ4v) is 2.37. The fourth-order valence-electron chi connectivity index (χ4n) is 2.37. The summed E-state index contributed by atoms with van der Waals surface area (Å²) in [4.78, 5) is 16.4. The average Bonchev–Trinajstić information content (AvgIpc) is 3.27. The second kappa shape index (κ2) is 6.00. The molecule has 0 bridgehead atoms. The molecular formula is C18H13N3O3. The molecule has 0 aliphatic rings. The molecule has 0 aliphatic heterocycles. The van der Waals surface area contributed by atoms with Crippen LogP contribution in [0.25, 0.3) is 22.4 Å². The summed E-state index contributed by atoms with van der Waals surface area (Å²) in [7, 11) is 0. The first-order valence-electron chi connectivity index (χ1n) is 7.44. The summed E-state index contributed by atoms with van der Waals surface area (Å²) in [6.45, 7) is 0.135. The lowest BCUT2D eigenvalue weighted by molar-refractivity contribution is 0.0920. The van der Waals surface area contributed by atoms with E-state index in [1.807, 2.05) is 54.6 Å². The van der Waals surface area contributed by atoms with Crippen molar-refractivity contribution in [3.05, 3.63) is 72.3 Å². The molecule has 118 valence electrons. The topological polar surface area (TPSA) is 81.2 Å². The molecule has 2 aromatic carbocycles. The fraction of sp³-hybridized carbons (Fsp3) is 0.0556. The maximum Gasteiger partial charge on any atom is 0.287 e. The third kappa shape index (κ3) is 2.77. The number of furan rings is 1. The maximum atomic E-state index is 12.2. The van der Waals surface area contributed by atoms with E-state index in [-0.39, 0.29) is 18.2 Å². The molecular weight excluding hydrogens is 306 g/mol. The van der Waals surface area contributed by atoms with Crippen LogP contribution in [0, 0.1) is 0 Å². The molecule has 1 N–H and O–H groups in total. The molecule has 24 heavy (non-hydrogen) atoms. The van der Waals surface area contributed by atoms with Crippen LogP contribution in [0.5, 0.6) is 0 Å². The van der Waals surface area contributed by atoms with E-state index in [1.165, 1.54) is 0 Å². The zero-order valence-electron chi connectivity index (χ0n) is 12.6. The Morgan fingerprint density at radius 1 is 1.04 bits per heavy atom. The second-order valence-electron chi connectivity index (χ2n) is 5.21. The monoisotopic (exact) mass is 319 g/mol. The van der Waals surface area contributed by atoms with Gasteiger partial charge in [0.2, 0.25) is 11.7 Å². The average molecular weight is 319 g/mol. The summed E-state index contributed by atoms with van der Waals surface area (Å²) >= 11 is 0. The molecule has 6 heteroatoms. The van der Waals surface area contributed by atoms with Crippen LogP contribution in [-0.4, -0.2) is 16.0 Å². The Kier molecular flexibility index (Phi) is 3.55. The molecule has 0 saturated heterocycles. The standard InChI is InChI=1S/C18H13N3O3/c22-18(15-10-13-8-4-5-9-14(13)23-15)19-11-16-20-17(21-24-16)12-6-2-1-3-7-12/h1-10H,11H2,(H,19,22). The van der Waals surface area contributed by atoms with Gasteiger partial charge >= 0.3 is 0 Å². The zero-order chi connectivity index (χ0) is 16.4. The summed E-state index contributed by atoms with van der Waals surface area (Å²) < 4.78 is 10.7. The molecule has 1 amide bonds. The van der Waals surface area contributed by atoms with E-state index in [9.17, 15) is 4.79 Å². The molecule has 4 aromatic rings. The van der Waals surface area contributed by atoms with Crippen LogP contribution in [0.15, 0.2) is 69.6 Å². The van der Waals surface area contributed by atoms with Gasteiger partial charge in [-0.1, -0.05) is 53.7 Å². The normalized spacial score (nSPS) is 10.8. The second-order valence-corrected chi connectivity index (χ2v) is 5.21. The van der Waals surface area contributed by atoms with Crippen molar-refractivity contribution in [3.8, 4) is 11.4 Å². The Balaban J connectivity index is 1.45. The van der Waals surface area contributed by atoms with Gasteiger partial charge in [0.25, 0.3) is 5.91 Å². The highest BCUT2D eigenvalue weighted by molar-refractivity contribution is 5.95. The summed E-state index contributed by atoms with van der Waals surface area (Å²) in [6, 6.07) is 18.6. The number of benzene rings is 2. The lowest BCUT2D eigenvalue weighted by atomic mass is 10.2. The number of rotatable bonds is 4. The number of fused-ring (bicyclic) bond motifs is 1. The van der Waals surface area contributed by atoms with Gasteiger partial charge in [0, 0.05) is 10.9 Å². The van der Waals surface area contributed by atoms with Crippen molar-refractivity contribution >= 4 is 16.9 Å². The number of aromatic nitrogens is 2. The summed E-state index contributed by atoms with van der Waals surface area (Å²) in [5.74, 6) is 0.742. The number of hydrogen-bond acceptors (Lipinski definition) is 5. The van der Waals surface area contributed by atoms with Gasteiger partial charge < -0.3 is 14.3 Å². The molecule has 0 spiro atoms. The summed E-state index contributed by atoms with van der Waals surface area (Å²) in [5, 5.41) is 7.50. The van der Waals surface area contributed by atoms with Crippen LogP contribution < -0.4 is 5.32 Å². The van der Waals surface area contributed by atoms with E-state index in [0.29, 0.717) is 17.3 Å². The van der Waals surface area contributed by atoms with E-state index in [1.54, 1.807) is 6.07 Å². The van der Waals surface area contributed by atoms with Crippen molar-refractivity contribution in [1.29, 1.82) is 0 Å². The molecule has 0 radical (unpaired) electrons. The van der Waals surface area contributed by atoms with Gasteiger partial charge in [0.05, 0.1) is 6.54 Å². The van der Waals surface area contributed by atoms with Gasteiger partial charge in [-0.25, -0.2) is 0 Å². The number of para-hydroxylation sites is 1. The van der Waals surface area contributed by atoms with Crippen molar-refractivity contribution in [1.82, 2.24) is 15.5 Å². The van der Waals surface area contributed by atoms with Gasteiger partial charge in [-0.3, -0.25) is 4.79 Å². The van der Waals surface area contributed by atoms with Crippen LogP contribution in [0.2, 0.25) is 0 Å². The first-order valence-corrected chi connectivity index (χ1v) is 7.44. The van der Waals surface area contributed by atoms with Crippen LogP contribution >= 0.6 is 0 Å². The third-order valence-electron chi connectivity index (χ3n) is 3.55. The molecule has 4 rings (SSSR count). The molecule has 0 unspecified atom stereocenters. The van der Waals surface area contributed by atoms with Crippen LogP contribution in [0.1, 0.15) is 16.4 Å². The maximum absolute atomic E-state index is 12.2. The third-order valence-corrected chi connectivity index (χ3v) is 3.55. The molecule has 0 atom stereocenters. The van der Waals surface area contributed by atoms with Gasteiger partial charge in [-0.2, -0.15) is 4.98 Å². The minimum absolute atomic E-state index is 0.135. The Morgan fingerprint density at radius 3 is 2.67 bits per heavy atom. The first-order chi connectivity index (χ1) is 11.8. The van der Waals surface area contributed by atoms with Crippen molar-refractivity contribution in [3.63, 3.8) is 0 Å². The molecule has 0 aliphatic carbocycles. The number of carbonyl (C=O) groups excluding carboxylic acids is 1. The largest absolute Gasteiger partial charge is 0.451 e. The number of carbonyl (C=O) groups is 1. The van der Waals surface area contributed by atoms with Crippen molar-refractivity contribution < 1.29 is 13.7 Å². The Morgan fingerprint density at radius 2 is 1.83 bits per heavy atom. The van der Waals surface area contributed by atoms with E-state index in [0.717, 1.165) is 10.9 Å². The van der Waals surface area contributed by atoms with E-state index < -0.39 is 0 Å². The number of amides is 1. The zero-order valence-corrected chi connectivity index (χ0v) is 12.6. The minimum atomic E-state index is -0.328. The summed E-state index contributed by atoms with van der Waals surface area (Å²) in [6.07, 6.45) is 0. The highest BCUT2D eigenvalue weighted by atomic mass is 16.5. The van der Waals surface area contributed by atoms with Gasteiger partial charge in [0.15, 0.2) is 5.76 Å². The van der Waals surface area contributed by atoms with Gasteiger partial charge in [-0.15, -0.1) is 0 Å².